The Kier molecular flexibility index (Phi) is 6.96. The Morgan fingerprint density at radius 1 is 0.909 bits per heavy atom. The minimum atomic E-state index is -0.979. The Morgan fingerprint density at radius 3 is 2.21 bits per heavy atom. The second-order valence-electron chi connectivity index (χ2n) is 8.86. The fraction of sp³-hybridized carbons (Fsp3) is 0.522. The standard InChI is InChI=1S/C23H31N5O5/c1-24-6-10-26(11-7-24)20(29)15-25-8-12-27(13-9-25)22(23(32)33)18-14-28(16-21(30)31)19-5-3-2-4-17(18)19/h2-5,14,22H,6-13,15-16H2,1H3,(H,30,31)(H,32,33). The van der Waals surface area contributed by atoms with Crippen molar-refractivity contribution in [2.75, 3.05) is 66.0 Å². The number of nitrogens with zero attached hydrogens (tertiary/aromatic N) is 5. The first-order valence-electron chi connectivity index (χ1n) is 11.3. The third-order valence-electron chi connectivity index (χ3n) is 6.64. The molecule has 0 aliphatic carbocycles. The van der Waals surface area contributed by atoms with Gasteiger partial charge in [0.25, 0.3) is 0 Å². The summed E-state index contributed by atoms with van der Waals surface area (Å²) >= 11 is 0. The Hall–Kier alpha value is -2.95. The average Bonchev–Trinajstić information content (AvgIpc) is 3.13. The molecule has 2 saturated heterocycles. The van der Waals surface area contributed by atoms with Gasteiger partial charge in [-0.05, 0) is 13.1 Å². The molecule has 0 radical (unpaired) electrons. The van der Waals surface area contributed by atoms with E-state index in [1.54, 1.807) is 10.8 Å². The summed E-state index contributed by atoms with van der Waals surface area (Å²) in [6.45, 7) is 5.64. The molecule has 10 heteroatoms. The van der Waals surface area contributed by atoms with Crippen molar-refractivity contribution in [3.05, 3.63) is 36.0 Å². The van der Waals surface area contributed by atoms with Gasteiger partial charge in [0.2, 0.25) is 5.91 Å². The molecule has 0 spiro atoms. The van der Waals surface area contributed by atoms with Gasteiger partial charge in [-0.2, -0.15) is 0 Å². The van der Waals surface area contributed by atoms with Crippen LogP contribution in [0.1, 0.15) is 11.6 Å². The maximum Gasteiger partial charge on any atom is 0.325 e. The average molecular weight is 458 g/mol. The lowest BCUT2D eigenvalue weighted by atomic mass is 10.0. The zero-order chi connectivity index (χ0) is 23.5. The van der Waals surface area contributed by atoms with Gasteiger partial charge in [0.1, 0.15) is 12.6 Å². The molecule has 10 nitrogen and oxygen atoms in total. The van der Waals surface area contributed by atoms with Gasteiger partial charge in [0.15, 0.2) is 0 Å². The molecule has 1 aromatic carbocycles. The number of amides is 1. The van der Waals surface area contributed by atoms with Crippen LogP contribution >= 0.6 is 0 Å². The number of aromatic nitrogens is 1. The number of hydrogen-bond donors (Lipinski definition) is 2. The highest BCUT2D eigenvalue weighted by atomic mass is 16.4. The van der Waals surface area contributed by atoms with Crippen molar-refractivity contribution < 1.29 is 24.6 Å². The SMILES string of the molecule is CN1CCN(C(=O)CN2CCN(C(C(=O)O)c3cn(CC(=O)O)c4ccccc34)CC2)CC1. The lowest BCUT2D eigenvalue weighted by Crippen LogP contribution is -2.54. The molecular weight excluding hydrogens is 426 g/mol. The number of rotatable bonds is 7. The van der Waals surface area contributed by atoms with Gasteiger partial charge in [-0.25, -0.2) is 0 Å². The molecule has 1 unspecified atom stereocenters. The van der Waals surface area contributed by atoms with Gasteiger partial charge in [-0.1, -0.05) is 18.2 Å². The molecule has 2 aliphatic rings. The molecule has 1 amide bonds. The number of carboxylic acids is 2. The van der Waals surface area contributed by atoms with Crippen LogP contribution in [0.3, 0.4) is 0 Å². The van der Waals surface area contributed by atoms with Crippen molar-refractivity contribution in [2.45, 2.75) is 12.6 Å². The van der Waals surface area contributed by atoms with E-state index in [4.69, 9.17) is 0 Å². The molecule has 0 saturated carbocycles. The molecule has 2 N–H and O–H groups in total. The van der Waals surface area contributed by atoms with Gasteiger partial charge in [0, 0.05) is 75.0 Å². The number of para-hydroxylation sites is 1. The Morgan fingerprint density at radius 2 is 1.58 bits per heavy atom. The molecule has 3 heterocycles. The first-order valence-corrected chi connectivity index (χ1v) is 11.3. The lowest BCUT2D eigenvalue weighted by Gasteiger charge is -2.39. The van der Waals surface area contributed by atoms with Crippen LogP contribution < -0.4 is 0 Å². The second-order valence-corrected chi connectivity index (χ2v) is 8.86. The molecule has 2 fully saturated rings. The van der Waals surface area contributed by atoms with E-state index in [-0.39, 0.29) is 12.5 Å². The smallest absolute Gasteiger partial charge is 0.325 e. The highest BCUT2D eigenvalue weighted by Crippen LogP contribution is 2.31. The second kappa shape index (κ2) is 9.90. The number of piperazine rings is 2. The van der Waals surface area contributed by atoms with E-state index in [2.05, 4.69) is 16.8 Å². The van der Waals surface area contributed by atoms with Crippen molar-refractivity contribution >= 4 is 28.7 Å². The molecule has 0 bridgehead atoms. The van der Waals surface area contributed by atoms with Crippen LogP contribution in [0.2, 0.25) is 0 Å². The quantitative estimate of drug-likeness (QED) is 0.609. The number of hydrogen-bond acceptors (Lipinski definition) is 6. The van der Waals surface area contributed by atoms with Crippen molar-refractivity contribution in [1.29, 1.82) is 0 Å². The van der Waals surface area contributed by atoms with Crippen molar-refractivity contribution in [1.82, 2.24) is 24.2 Å². The van der Waals surface area contributed by atoms with Gasteiger partial charge in [-0.3, -0.25) is 24.2 Å². The van der Waals surface area contributed by atoms with Crippen LogP contribution in [0, 0.1) is 0 Å². The molecule has 1 aromatic heterocycles. The maximum absolute atomic E-state index is 12.7. The van der Waals surface area contributed by atoms with Crippen LogP contribution in [0.15, 0.2) is 30.5 Å². The summed E-state index contributed by atoms with van der Waals surface area (Å²) in [7, 11) is 2.05. The Labute approximate surface area is 192 Å². The number of benzene rings is 1. The Balaban J connectivity index is 1.45. The van der Waals surface area contributed by atoms with E-state index in [9.17, 15) is 24.6 Å². The summed E-state index contributed by atoms with van der Waals surface area (Å²) in [5.41, 5.74) is 1.30. The van der Waals surface area contributed by atoms with E-state index < -0.39 is 18.0 Å². The van der Waals surface area contributed by atoms with Gasteiger partial charge in [-0.15, -0.1) is 0 Å². The van der Waals surface area contributed by atoms with E-state index in [0.717, 1.165) is 31.6 Å². The minimum absolute atomic E-state index is 0.128. The largest absolute Gasteiger partial charge is 0.480 e. The molecule has 2 aromatic rings. The molecule has 33 heavy (non-hydrogen) atoms. The fourth-order valence-electron chi connectivity index (χ4n) is 4.78. The lowest BCUT2D eigenvalue weighted by molar-refractivity contribution is -0.145. The number of fused-ring (bicyclic) bond motifs is 1. The van der Waals surface area contributed by atoms with E-state index in [0.29, 0.717) is 43.8 Å². The number of carbonyl (C=O) groups is 3. The topological polar surface area (TPSA) is 110 Å². The van der Waals surface area contributed by atoms with Crippen LogP contribution in [0.4, 0.5) is 0 Å². The van der Waals surface area contributed by atoms with Gasteiger partial charge in [0.05, 0.1) is 6.54 Å². The van der Waals surface area contributed by atoms with Crippen LogP contribution in [0.5, 0.6) is 0 Å². The van der Waals surface area contributed by atoms with Gasteiger partial charge >= 0.3 is 11.9 Å². The predicted octanol–water partition coefficient (Wildman–Crippen LogP) is 0.243. The summed E-state index contributed by atoms with van der Waals surface area (Å²) < 4.78 is 1.59. The summed E-state index contributed by atoms with van der Waals surface area (Å²) in [5, 5.41) is 20.1. The van der Waals surface area contributed by atoms with Crippen molar-refractivity contribution in [2.24, 2.45) is 0 Å². The highest BCUT2D eigenvalue weighted by molar-refractivity contribution is 5.90. The molecule has 4 rings (SSSR count). The van der Waals surface area contributed by atoms with E-state index >= 15 is 0 Å². The number of carboxylic acid groups (broad SMARTS) is 2. The summed E-state index contributed by atoms with van der Waals surface area (Å²) in [5.74, 6) is -1.81. The first kappa shape index (κ1) is 23.2. The summed E-state index contributed by atoms with van der Waals surface area (Å²) in [4.78, 5) is 44.4. The number of aliphatic carboxylic acids is 2. The van der Waals surface area contributed by atoms with Crippen molar-refractivity contribution in [3.63, 3.8) is 0 Å². The van der Waals surface area contributed by atoms with E-state index in [1.807, 2.05) is 34.1 Å². The number of likely N-dealkylation sites (N-methyl/N-ethyl adjacent to an activating group) is 1. The predicted molar refractivity (Wildman–Crippen MR) is 122 cm³/mol. The maximum atomic E-state index is 12.7. The van der Waals surface area contributed by atoms with Crippen LogP contribution in [-0.4, -0.2) is 118 Å². The third-order valence-corrected chi connectivity index (χ3v) is 6.64. The first-order chi connectivity index (χ1) is 15.8. The molecule has 178 valence electrons. The summed E-state index contributed by atoms with van der Waals surface area (Å²) in [6.07, 6.45) is 1.65. The zero-order valence-corrected chi connectivity index (χ0v) is 18.9. The molecular formula is C23H31N5O5. The van der Waals surface area contributed by atoms with Crippen LogP contribution in [0.25, 0.3) is 10.9 Å². The van der Waals surface area contributed by atoms with Crippen LogP contribution in [-0.2, 0) is 20.9 Å². The zero-order valence-electron chi connectivity index (χ0n) is 18.9. The summed E-state index contributed by atoms with van der Waals surface area (Å²) in [6, 6.07) is 6.42. The molecule has 2 aliphatic heterocycles. The molecule has 1 atom stereocenters. The highest BCUT2D eigenvalue weighted by Gasteiger charge is 2.33. The van der Waals surface area contributed by atoms with Gasteiger partial charge < -0.3 is 24.6 Å². The fourth-order valence-corrected chi connectivity index (χ4v) is 4.78. The van der Waals surface area contributed by atoms with Crippen molar-refractivity contribution in [3.8, 4) is 0 Å². The third kappa shape index (κ3) is 5.18. The normalized spacial score (nSPS) is 19.6. The minimum Gasteiger partial charge on any atom is -0.480 e. The number of carbonyl (C=O) groups excluding carboxylic acids is 1. The monoisotopic (exact) mass is 457 g/mol. The van der Waals surface area contributed by atoms with E-state index in [1.165, 1.54) is 0 Å². The Bertz CT molecular complexity index is 1020.